The predicted molar refractivity (Wildman–Crippen MR) is 123 cm³/mol. The number of rotatable bonds is 3. The molecule has 5 rings (SSSR count). The van der Waals surface area contributed by atoms with Crippen molar-refractivity contribution < 1.29 is 5.11 Å². The molecule has 1 saturated heterocycles. The second kappa shape index (κ2) is 7.20. The van der Waals surface area contributed by atoms with E-state index in [1.807, 2.05) is 36.9 Å². The molecule has 2 aromatic carbocycles. The molecule has 0 bridgehead atoms. The Bertz CT molecular complexity index is 1150. The molecule has 3 heterocycles. The van der Waals surface area contributed by atoms with Crippen LogP contribution < -0.4 is 9.80 Å². The Morgan fingerprint density at radius 1 is 0.967 bits per heavy atom. The van der Waals surface area contributed by atoms with Crippen LogP contribution in [0.25, 0.3) is 16.6 Å². The summed E-state index contributed by atoms with van der Waals surface area (Å²) in [4.78, 5) is 12.3. The van der Waals surface area contributed by atoms with Gasteiger partial charge in [0.25, 0.3) is 0 Å². The summed E-state index contributed by atoms with van der Waals surface area (Å²) in [5.74, 6) is 0.998. The Balaban J connectivity index is 1.47. The number of fused-ring (bicyclic) bond motifs is 1. The molecule has 0 aliphatic carbocycles. The minimum absolute atomic E-state index is 0.175. The van der Waals surface area contributed by atoms with Gasteiger partial charge in [0.1, 0.15) is 17.4 Å². The van der Waals surface area contributed by atoms with Crippen LogP contribution in [-0.4, -0.2) is 40.5 Å². The Morgan fingerprint density at radius 3 is 2.43 bits per heavy atom. The highest BCUT2D eigenvalue weighted by atomic mass is 16.3. The van der Waals surface area contributed by atoms with E-state index in [4.69, 9.17) is 5.41 Å². The number of nitrogens with zero attached hydrogens (tertiary/aromatic N) is 3. The van der Waals surface area contributed by atoms with Gasteiger partial charge in [0.15, 0.2) is 0 Å². The molecule has 0 radical (unpaired) electrons. The Labute approximate surface area is 176 Å². The number of hydrogen-bond acceptors (Lipinski definition) is 4. The highest BCUT2D eigenvalue weighted by Crippen LogP contribution is 2.32. The highest BCUT2D eigenvalue weighted by Gasteiger charge is 2.31. The van der Waals surface area contributed by atoms with Gasteiger partial charge >= 0.3 is 0 Å². The Hall–Kier alpha value is -3.28. The molecule has 3 N–H and O–H groups in total. The molecular weight excluding hydrogens is 374 g/mol. The standard InChI is InChI=1S/C24H27N5O/c1-15-10-16(2)12-18(11-15)29-14-21(30)22(23(29)25)24-26-19-7-6-17(13-20(19)27-24)28-8-4-3-5-9-28/h6-7,10-13,25,30H,3-5,8-9,14H2,1-2H3,(H,26,27). The zero-order valence-corrected chi connectivity index (χ0v) is 17.5. The van der Waals surface area contributed by atoms with Crippen LogP contribution in [0.3, 0.4) is 0 Å². The second-order valence-corrected chi connectivity index (χ2v) is 8.44. The summed E-state index contributed by atoms with van der Waals surface area (Å²) < 4.78 is 0. The van der Waals surface area contributed by atoms with Crippen molar-refractivity contribution >= 4 is 33.8 Å². The van der Waals surface area contributed by atoms with Crippen LogP contribution in [0, 0.1) is 19.3 Å². The number of nitrogens with one attached hydrogen (secondary N) is 2. The molecule has 0 saturated carbocycles. The average molecular weight is 402 g/mol. The van der Waals surface area contributed by atoms with Crippen molar-refractivity contribution in [1.82, 2.24) is 9.97 Å². The number of hydrogen-bond donors (Lipinski definition) is 3. The fourth-order valence-corrected chi connectivity index (χ4v) is 4.62. The van der Waals surface area contributed by atoms with Crippen molar-refractivity contribution in [2.75, 3.05) is 29.4 Å². The summed E-state index contributed by atoms with van der Waals surface area (Å²) in [6.07, 6.45) is 3.77. The second-order valence-electron chi connectivity index (χ2n) is 8.44. The number of anilines is 2. The number of aromatic nitrogens is 2. The lowest BCUT2D eigenvalue weighted by Crippen LogP contribution is -2.29. The molecule has 2 aliphatic heterocycles. The fraction of sp³-hybridized carbons (Fsp3) is 0.333. The summed E-state index contributed by atoms with van der Waals surface area (Å²) in [5, 5.41) is 19.4. The smallest absolute Gasteiger partial charge is 0.145 e. The first-order valence-corrected chi connectivity index (χ1v) is 10.6. The average Bonchev–Trinajstić information content (AvgIpc) is 3.27. The maximum Gasteiger partial charge on any atom is 0.145 e. The van der Waals surface area contributed by atoms with Crippen molar-refractivity contribution in [2.24, 2.45) is 0 Å². The number of H-pyrrole nitrogens is 1. The maximum atomic E-state index is 10.7. The normalized spacial score (nSPS) is 17.5. The van der Waals surface area contributed by atoms with E-state index in [9.17, 15) is 5.11 Å². The summed E-state index contributed by atoms with van der Waals surface area (Å²) in [7, 11) is 0. The molecule has 1 fully saturated rings. The first kappa shape index (κ1) is 18.7. The zero-order valence-electron chi connectivity index (χ0n) is 17.5. The van der Waals surface area contributed by atoms with Gasteiger partial charge in [-0.15, -0.1) is 0 Å². The Kier molecular flexibility index (Phi) is 4.50. The van der Waals surface area contributed by atoms with Gasteiger partial charge in [-0.25, -0.2) is 4.98 Å². The van der Waals surface area contributed by atoms with E-state index in [1.54, 1.807) is 0 Å². The van der Waals surface area contributed by atoms with E-state index < -0.39 is 0 Å². The number of piperidine rings is 1. The first-order chi connectivity index (χ1) is 14.5. The molecule has 154 valence electrons. The minimum Gasteiger partial charge on any atom is -0.509 e. The lowest BCUT2D eigenvalue weighted by molar-refractivity contribution is 0.411. The molecule has 6 nitrogen and oxygen atoms in total. The molecule has 0 amide bonds. The molecule has 0 unspecified atom stereocenters. The van der Waals surface area contributed by atoms with Crippen LogP contribution in [-0.2, 0) is 0 Å². The third-order valence-corrected chi connectivity index (χ3v) is 6.04. The van der Waals surface area contributed by atoms with Crippen LogP contribution in [0.15, 0.2) is 42.2 Å². The number of aliphatic hydroxyl groups excluding tert-OH is 1. The van der Waals surface area contributed by atoms with Crippen LogP contribution in [0.2, 0.25) is 0 Å². The molecule has 0 atom stereocenters. The summed E-state index contributed by atoms with van der Waals surface area (Å²) in [5.41, 5.74) is 6.66. The van der Waals surface area contributed by atoms with Crippen molar-refractivity contribution in [1.29, 1.82) is 5.41 Å². The molecular formula is C24H27N5O. The molecule has 30 heavy (non-hydrogen) atoms. The molecule has 6 heteroatoms. The summed E-state index contributed by atoms with van der Waals surface area (Å²) in [6.45, 7) is 6.56. The zero-order chi connectivity index (χ0) is 20.8. The van der Waals surface area contributed by atoms with E-state index in [0.29, 0.717) is 11.4 Å². The SMILES string of the molecule is Cc1cc(C)cc(N2CC(O)=C(c3nc4ccc(N5CCCCC5)cc4[nH]3)C2=N)c1. The number of imidazole rings is 1. The van der Waals surface area contributed by atoms with Gasteiger partial charge in [-0.3, -0.25) is 5.41 Å². The monoisotopic (exact) mass is 401 g/mol. The van der Waals surface area contributed by atoms with Gasteiger partial charge < -0.3 is 19.9 Å². The van der Waals surface area contributed by atoms with E-state index in [1.165, 1.54) is 24.9 Å². The molecule has 0 spiro atoms. The van der Waals surface area contributed by atoms with E-state index >= 15 is 0 Å². The van der Waals surface area contributed by atoms with E-state index in [0.717, 1.165) is 40.9 Å². The fourth-order valence-electron chi connectivity index (χ4n) is 4.62. The number of aliphatic hydroxyl groups is 1. The predicted octanol–water partition coefficient (Wildman–Crippen LogP) is 4.94. The van der Waals surface area contributed by atoms with Gasteiger partial charge in [-0.2, -0.15) is 0 Å². The number of benzene rings is 2. The lowest BCUT2D eigenvalue weighted by atomic mass is 10.1. The van der Waals surface area contributed by atoms with Crippen LogP contribution >= 0.6 is 0 Å². The van der Waals surface area contributed by atoms with Crippen molar-refractivity contribution in [2.45, 2.75) is 33.1 Å². The summed E-state index contributed by atoms with van der Waals surface area (Å²) >= 11 is 0. The first-order valence-electron chi connectivity index (χ1n) is 10.6. The molecule has 3 aromatic rings. The van der Waals surface area contributed by atoms with Crippen LogP contribution in [0.4, 0.5) is 11.4 Å². The quantitative estimate of drug-likeness (QED) is 0.581. The van der Waals surface area contributed by atoms with Crippen LogP contribution in [0.5, 0.6) is 0 Å². The number of amidine groups is 1. The van der Waals surface area contributed by atoms with E-state index in [2.05, 4.69) is 33.1 Å². The third kappa shape index (κ3) is 3.22. The minimum atomic E-state index is 0.175. The largest absolute Gasteiger partial charge is 0.509 e. The molecule has 1 aromatic heterocycles. The maximum absolute atomic E-state index is 10.7. The third-order valence-electron chi connectivity index (χ3n) is 6.04. The van der Waals surface area contributed by atoms with Gasteiger partial charge in [0.2, 0.25) is 0 Å². The molecule has 2 aliphatic rings. The van der Waals surface area contributed by atoms with E-state index in [-0.39, 0.29) is 18.1 Å². The van der Waals surface area contributed by atoms with Gasteiger partial charge in [0, 0.05) is 24.5 Å². The van der Waals surface area contributed by atoms with Gasteiger partial charge in [-0.05, 0) is 74.6 Å². The van der Waals surface area contributed by atoms with Gasteiger partial charge in [0.05, 0.1) is 23.2 Å². The highest BCUT2D eigenvalue weighted by molar-refractivity contribution is 6.30. The number of aromatic amines is 1. The summed E-state index contributed by atoms with van der Waals surface area (Å²) in [6, 6.07) is 12.5. The number of aryl methyl sites for hydroxylation is 2. The van der Waals surface area contributed by atoms with Crippen molar-refractivity contribution in [3.8, 4) is 0 Å². The topological polar surface area (TPSA) is 79.2 Å². The van der Waals surface area contributed by atoms with Crippen LogP contribution in [0.1, 0.15) is 36.2 Å². The van der Waals surface area contributed by atoms with Crippen molar-refractivity contribution in [3.05, 3.63) is 59.1 Å². The Morgan fingerprint density at radius 2 is 1.70 bits per heavy atom. The lowest BCUT2D eigenvalue weighted by Gasteiger charge is -2.28. The van der Waals surface area contributed by atoms with Gasteiger partial charge in [-0.1, -0.05) is 6.07 Å². The van der Waals surface area contributed by atoms with Crippen molar-refractivity contribution in [3.63, 3.8) is 0 Å².